The van der Waals surface area contributed by atoms with Gasteiger partial charge in [-0.1, -0.05) is 6.92 Å². The van der Waals surface area contributed by atoms with Crippen LogP contribution in [0.4, 0.5) is 0 Å². The van der Waals surface area contributed by atoms with Crippen molar-refractivity contribution in [1.29, 1.82) is 0 Å². The van der Waals surface area contributed by atoms with Crippen molar-refractivity contribution in [2.24, 2.45) is 0 Å². The molecule has 1 aromatic heterocycles. The van der Waals surface area contributed by atoms with Gasteiger partial charge in [-0.2, -0.15) is 0 Å². The Kier molecular flexibility index (Phi) is 6.18. The van der Waals surface area contributed by atoms with Gasteiger partial charge in [0.05, 0.1) is 18.7 Å². The van der Waals surface area contributed by atoms with Gasteiger partial charge in [0, 0.05) is 46.6 Å². The predicted molar refractivity (Wildman–Crippen MR) is 90.1 cm³/mol. The molecule has 0 spiro atoms. The van der Waals surface area contributed by atoms with Crippen LogP contribution in [0.15, 0.2) is 12.4 Å². The van der Waals surface area contributed by atoms with Gasteiger partial charge in [-0.05, 0) is 25.8 Å². The summed E-state index contributed by atoms with van der Waals surface area (Å²) in [6.07, 6.45) is 7.59. The average molecular weight is 322 g/mol. The van der Waals surface area contributed by atoms with E-state index in [2.05, 4.69) is 21.4 Å². The highest BCUT2D eigenvalue weighted by Gasteiger charge is 2.43. The number of imidazole rings is 1. The largest absolute Gasteiger partial charge is 0.383 e. The van der Waals surface area contributed by atoms with Crippen molar-refractivity contribution in [2.45, 2.75) is 51.2 Å². The average Bonchev–Trinajstić information content (AvgIpc) is 3.09. The fourth-order valence-electron chi connectivity index (χ4n) is 3.47. The van der Waals surface area contributed by atoms with Gasteiger partial charge < -0.3 is 14.2 Å². The number of hydrogen-bond acceptors (Lipinski definition) is 4. The summed E-state index contributed by atoms with van der Waals surface area (Å²) in [5.41, 5.74) is -0.209. The standard InChI is InChI=1S/C17H30N4O2/c1-5-9-20-11-8-18-15(20)13-21-10-6-7-17(21,14-23-4)12-16(22)19(2)3/h8,11H,5-7,9-10,12-14H2,1-4H3/t17-/m0/s1. The van der Waals surface area contributed by atoms with Gasteiger partial charge in [-0.15, -0.1) is 0 Å². The maximum atomic E-state index is 12.3. The van der Waals surface area contributed by atoms with Crippen LogP contribution in [-0.4, -0.2) is 65.2 Å². The molecule has 0 unspecified atom stereocenters. The van der Waals surface area contributed by atoms with E-state index in [1.54, 1.807) is 12.0 Å². The normalized spacial score (nSPS) is 21.7. The van der Waals surface area contributed by atoms with Gasteiger partial charge in [0.1, 0.15) is 5.82 Å². The SMILES string of the molecule is CCCn1ccnc1CN1CCC[C@@]1(COC)CC(=O)N(C)C. The fourth-order valence-corrected chi connectivity index (χ4v) is 3.47. The lowest BCUT2D eigenvalue weighted by Crippen LogP contribution is -2.50. The van der Waals surface area contributed by atoms with Crippen LogP contribution in [0.3, 0.4) is 0 Å². The summed E-state index contributed by atoms with van der Waals surface area (Å²) in [6, 6.07) is 0. The Morgan fingerprint density at radius 2 is 2.26 bits per heavy atom. The first-order chi connectivity index (χ1) is 11.0. The minimum absolute atomic E-state index is 0.158. The first-order valence-electron chi connectivity index (χ1n) is 8.46. The van der Waals surface area contributed by atoms with Crippen LogP contribution in [0, 0.1) is 0 Å². The van der Waals surface area contributed by atoms with E-state index in [0.29, 0.717) is 13.0 Å². The number of nitrogens with zero attached hydrogens (tertiary/aromatic N) is 4. The van der Waals surface area contributed by atoms with Crippen LogP contribution in [0.25, 0.3) is 0 Å². The Labute approximate surface area is 139 Å². The first-order valence-corrected chi connectivity index (χ1v) is 8.46. The number of aromatic nitrogens is 2. The lowest BCUT2D eigenvalue weighted by Gasteiger charge is -2.38. The zero-order valence-electron chi connectivity index (χ0n) is 14.9. The third-order valence-electron chi connectivity index (χ3n) is 4.73. The summed E-state index contributed by atoms with van der Waals surface area (Å²) >= 11 is 0. The molecule has 0 radical (unpaired) electrons. The molecule has 1 aromatic rings. The molecule has 1 saturated heterocycles. The second-order valence-corrected chi connectivity index (χ2v) is 6.68. The molecule has 23 heavy (non-hydrogen) atoms. The molecular weight excluding hydrogens is 292 g/mol. The van der Waals surface area contributed by atoms with Crippen molar-refractivity contribution in [3.8, 4) is 0 Å². The molecule has 0 saturated carbocycles. The summed E-state index contributed by atoms with van der Waals surface area (Å²) in [6.45, 7) is 5.50. The number of hydrogen-bond donors (Lipinski definition) is 0. The number of aryl methyl sites for hydroxylation is 1. The second-order valence-electron chi connectivity index (χ2n) is 6.68. The van der Waals surface area contributed by atoms with Crippen LogP contribution in [-0.2, 0) is 22.6 Å². The Morgan fingerprint density at radius 3 is 2.91 bits per heavy atom. The van der Waals surface area contributed by atoms with Gasteiger partial charge in [-0.25, -0.2) is 4.98 Å². The molecule has 1 fully saturated rings. The highest BCUT2D eigenvalue weighted by molar-refractivity contribution is 5.77. The summed E-state index contributed by atoms with van der Waals surface area (Å²) in [4.78, 5) is 20.9. The Balaban J connectivity index is 2.17. The lowest BCUT2D eigenvalue weighted by molar-refractivity contribution is -0.132. The summed E-state index contributed by atoms with van der Waals surface area (Å²) in [7, 11) is 5.35. The topological polar surface area (TPSA) is 50.6 Å². The van der Waals surface area contributed by atoms with E-state index in [4.69, 9.17) is 4.74 Å². The summed E-state index contributed by atoms with van der Waals surface area (Å²) < 4.78 is 7.71. The number of ether oxygens (including phenoxy) is 1. The summed E-state index contributed by atoms with van der Waals surface area (Å²) in [5.74, 6) is 1.23. The predicted octanol–water partition coefficient (Wildman–Crippen LogP) is 1.75. The highest BCUT2D eigenvalue weighted by atomic mass is 16.5. The van der Waals surface area contributed by atoms with Gasteiger partial charge >= 0.3 is 0 Å². The van der Waals surface area contributed by atoms with Gasteiger partial charge in [0.15, 0.2) is 0 Å². The monoisotopic (exact) mass is 322 g/mol. The zero-order chi connectivity index (χ0) is 16.9. The molecule has 0 aliphatic carbocycles. The van der Waals surface area contributed by atoms with Crippen LogP contribution in [0.5, 0.6) is 0 Å². The number of likely N-dealkylation sites (tertiary alicyclic amines) is 1. The van der Waals surface area contributed by atoms with E-state index < -0.39 is 0 Å². The zero-order valence-corrected chi connectivity index (χ0v) is 14.9. The molecule has 1 aliphatic heterocycles. The second kappa shape index (κ2) is 7.93. The number of methoxy groups -OCH3 is 1. The molecule has 2 heterocycles. The van der Waals surface area contributed by atoms with Gasteiger partial charge in [0.25, 0.3) is 0 Å². The van der Waals surface area contributed by atoms with E-state index in [1.807, 2.05) is 26.5 Å². The van der Waals surface area contributed by atoms with E-state index in [-0.39, 0.29) is 11.4 Å². The van der Waals surface area contributed by atoms with Gasteiger partial charge in [-0.3, -0.25) is 9.69 Å². The maximum Gasteiger partial charge on any atom is 0.224 e. The molecule has 2 rings (SSSR count). The number of amides is 1. The Hall–Kier alpha value is -1.40. The van der Waals surface area contributed by atoms with E-state index >= 15 is 0 Å². The molecular formula is C17H30N4O2. The van der Waals surface area contributed by atoms with Gasteiger partial charge in [0.2, 0.25) is 5.91 Å². The van der Waals surface area contributed by atoms with Crippen LogP contribution in [0.1, 0.15) is 38.4 Å². The third-order valence-corrected chi connectivity index (χ3v) is 4.73. The van der Waals surface area contributed by atoms with Crippen molar-refractivity contribution in [3.63, 3.8) is 0 Å². The molecule has 1 atom stereocenters. The molecule has 1 aliphatic rings. The van der Waals surface area contributed by atoms with E-state index in [1.165, 1.54) is 0 Å². The Morgan fingerprint density at radius 1 is 1.48 bits per heavy atom. The molecule has 1 amide bonds. The molecule has 130 valence electrons. The van der Waals surface area contributed by atoms with Crippen LogP contribution < -0.4 is 0 Å². The molecule has 0 bridgehead atoms. The quantitative estimate of drug-likeness (QED) is 0.732. The molecule has 6 heteroatoms. The highest BCUT2D eigenvalue weighted by Crippen LogP contribution is 2.34. The molecule has 0 N–H and O–H groups in total. The fraction of sp³-hybridized carbons (Fsp3) is 0.765. The molecule has 0 aromatic carbocycles. The minimum atomic E-state index is -0.209. The van der Waals surface area contributed by atoms with Crippen LogP contribution >= 0.6 is 0 Å². The molecule has 6 nitrogen and oxygen atoms in total. The Bertz CT molecular complexity index is 514. The first kappa shape index (κ1) is 17.9. The number of carbonyl (C=O) groups excluding carboxylic acids is 1. The van der Waals surface area contributed by atoms with Crippen molar-refractivity contribution in [3.05, 3.63) is 18.2 Å². The summed E-state index contributed by atoms with van der Waals surface area (Å²) in [5, 5.41) is 0. The third kappa shape index (κ3) is 4.12. The number of carbonyl (C=O) groups is 1. The minimum Gasteiger partial charge on any atom is -0.383 e. The maximum absolute atomic E-state index is 12.3. The smallest absolute Gasteiger partial charge is 0.224 e. The van der Waals surface area contributed by atoms with Crippen molar-refractivity contribution in [1.82, 2.24) is 19.4 Å². The van der Waals surface area contributed by atoms with E-state index in [9.17, 15) is 4.79 Å². The van der Waals surface area contributed by atoms with E-state index in [0.717, 1.165) is 44.7 Å². The van der Waals surface area contributed by atoms with Crippen molar-refractivity contribution >= 4 is 5.91 Å². The lowest BCUT2D eigenvalue weighted by atomic mass is 9.92. The van der Waals surface area contributed by atoms with Crippen molar-refractivity contribution < 1.29 is 9.53 Å². The number of rotatable bonds is 8. The van der Waals surface area contributed by atoms with Crippen molar-refractivity contribution in [2.75, 3.05) is 34.4 Å². The van der Waals surface area contributed by atoms with Crippen LogP contribution in [0.2, 0.25) is 0 Å².